The number of nitrogens with two attached hydrogens (primary N) is 1. The molecule has 3 rings (SSSR count). The zero-order chi connectivity index (χ0) is 13.2. The SMILES string of the molecule is NCc1c(Cl)nc(-c2ccccc2)c2ccccc12. The lowest BCUT2D eigenvalue weighted by molar-refractivity contribution is 1.07. The fourth-order valence-corrected chi connectivity index (χ4v) is 2.56. The van der Waals surface area contributed by atoms with E-state index in [4.69, 9.17) is 17.3 Å². The standard InChI is InChI=1S/C16H13ClN2/c17-16-14(10-18)12-8-4-5-9-13(12)15(19-16)11-6-2-1-3-7-11/h1-9H,10,18H2. The summed E-state index contributed by atoms with van der Waals surface area (Å²) in [5.74, 6) is 0. The molecular weight excluding hydrogens is 256 g/mol. The highest BCUT2D eigenvalue weighted by molar-refractivity contribution is 6.31. The number of pyridine rings is 1. The van der Waals surface area contributed by atoms with Crippen LogP contribution in [0, 0.1) is 0 Å². The maximum Gasteiger partial charge on any atom is 0.134 e. The van der Waals surface area contributed by atoms with Gasteiger partial charge in [-0.25, -0.2) is 4.98 Å². The minimum atomic E-state index is 0.390. The number of rotatable bonds is 2. The molecule has 0 spiro atoms. The minimum Gasteiger partial charge on any atom is -0.326 e. The van der Waals surface area contributed by atoms with Crippen molar-refractivity contribution in [3.63, 3.8) is 0 Å². The van der Waals surface area contributed by atoms with Crippen molar-refractivity contribution in [3.05, 3.63) is 65.3 Å². The summed E-state index contributed by atoms with van der Waals surface area (Å²) in [6, 6.07) is 18.1. The van der Waals surface area contributed by atoms with E-state index in [1.54, 1.807) is 0 Å². The highest BCUT2D eigenvalue weighted by Gasteiger charge is 2.12. The third kappa shape index (κ3) is 2.09. The third-order valence-corrected chi connectivity index (χ3v) is 3.53. The summed E-state index contributed by atoms with van der Waals surface area (Å²) in [6.07, 6.45) is 0. The Balaban J connectivity index is 2.38. The second-order valence-electron chi connectivity index (χ2n) is 4.35. The second-order valence-corrected chi connectivity index (χ2v) is 4.70. The fourth-order valence-electron chi connectivity index (χ4n) is 2.30. The molecular formula is C16H13ClN2. The summed E-state index contributed by atoms with van der Waals surface area (Å²) in [7, 11) is 0. The third-order valence-electron chi connectivity index (χ3n) is 3.22. The molecule has 0 atom stereocenters. The van der Waals surface area contributed by atoms with Gasteiger partial charge < -0.3 is 5.73 Å². The minimum absolute atomic E-state index is 0.390. The summed E-state index contributed by atoms with van der Waals surface area (Å²) < 4.78 is 0. The Hall–Kier alpha value is -1.90. The first-order valence-electron chi connectivity index (χ1n) is 6.14. The molecule has 0 aliphatic rings. The predicted octanol–water partition coefficient (Wildman–Crippen LogP) is 4.01. The Morgan fingerprint density at radius 2 is 1.53 bits per heavy atom. The lowest BCUT2D eigenvalue weighted by atomic mass is 10.0. The first kappa shape index (κ1) is 12.2. The van der Waals surface area contributed by atoms with Crippen molar-refractivity contribution < 1.29 is 0 Å². The molecule has 3 aromatic rings. The first-order chi connectivity index (χ1) is 9.31. The van der Waals surface area contributed by atoms with Crippen LogP contribution in [0.15, 0.2) is 54.6 Å². The first-order valence-corrected chi connectivity index (χ1v) is 6.51. The highest BCUT2D eigenvalue weighted by atomic mass is 35.5. The number of nitrogens with zero attached hydrogens (tertiary/aromatic N) is 1. The van der Waals surface area contributed by atoms with Gasteiger partial charge in [-0.05, 0) is 5.39 Å². The van der Waals surface area contributed by atoms with Gasteiger partial charge in [0.05, 0.1) is 5.69 Å². The summed E-state index contributed by atoms with van der Waals surface area (Å²) in [5.41, 5.74) is 8.64. The normalized spacial score (nSPS) is 10.8. The van der Waals surface area contributed by atoms with E-state index < -0.39 is 0 Å². The van der Waals surface area contributed by atoms with E-state index in [1.807, 2.05) is 48.5 Å². The van der Waals surface area contributed by atoms with Gasteiger partial charge in [0, 0.05) is 23.1 Å². The van der Waals surface area contributed by atoms with Gasteiger partial charge in [0.1, 0.15) is 5.15 Å². The van der Waals surface area contributed by atoms with E-state index in [9.17, 15) is 0 Å². The molecule has 0 fully saturated rings. The van der Waals surface area contributed by atoms with Gasteiger partial charge in [-0.3, -0.25) is 0 Å². The highest BCUT2D eigenvalue weighted by Crippen LogP contribution is 2.32. The molecule has 94 valence electrons. The topological polar surface area (TPSA) is 38.9 Å². The van der Waals surface area contributed by atoms with Crippen LogP contribution in [0.4, 0.5) is 0 Å². The zero-order valence-corrected chi connectivity index (χ0v) is 11.1. The molecule has 3 heteroatoms. The van der Waals surface area contributed by atoms with Crippen molar-refractivity contribution in [1.82, 2.24) is 4.98 Å². The fraction of sp³-hybridized carbons (Fsp3) is 0.0625. The second kappa shape index (κ2) is 5.00. The molecule has 0 radical (unpaired) electrons. The van der Waals surface area contributed by atoms with Crippen LogP contribution in [0.3, 0.4) is 0 Å². The van der Waals surface area contributed by atoms with Crippen LogP contribution in [0.5, 0.6) is 0 Å². The van der Waals surface area contributed by atoms with Crippen molar-refractivity contribution in [2.45, 2.75) is 6.54 Å². The van der Waals surface area contributed by atoms with Gasteiger partial charge in [0.15, 0.2) is 0 Å². The Bertz CT molecular complexity index is 723. The van der Waals surface area contributed by atoms with Crippen molar-refractivity contribution >= 4 is 22.4 Å². The number of halogens is 1. The smallest absolute Gasteiger partial charge is 0.134 e. The molecule has 0 aliphatic carbocycles. The van der Waals surface area contributed by atoms with Gasteiger partial charge in [0.25, 0.3) is 0 Å². The number of hydrogen-bond donors (Lipinski definition) is 1. The number of benzene rings is 2. The van der Waals surface area contributed by atoms with Gasteiger partial charge in [-0.1, -0.05) is 66.2 Å². The van der Waals surface area contributed by atoms with E-state index in [0.29, 0.717) is 11.7 Å². The summed E-state index contributed by atoms with van der Waals surface area (Å²) in [5, 5.41) is 2.64. The molecule has 1 aromatic heterocycles. The monoisotopic (exact) mass is 268 g/mol. The largest absolute Gasteiger partial charge is 0.326 e. The van der Waals surface area contributed by atoms with Crippen molar-refractivity contribution in [3.8, 4) is 11.3 Å². The van der Waals surface area contributed by atoms with E-state index in [2.05, 4.69) is 11.1 Å². The van der Waals surface area contributed by atoms with E-state index >= 15 is 0 Å². The molecule has 1 heterocycles. The molecule has 0 amide bonds. The van der Waals surface area contributed by atoms with E-state index in [1.165, 1.54) is 0 Å². The van der Waals surface area contributed by atoms with Gasteiger partial charge in [-0.2, -0.15) is 0 Å². The van der Waals surface area contributed by atoms with Crippen molar-refractivity contribution in [1.29, 1.82) is 0 Å². The Morgan fingerprint density at radius 3 is 2.21 bits per heavy atom. The number of hydrogen-bond acceptors (Lipinski definition) is 2. The number of fused-ring (bicyclic) bond motifs is 1. The molecule has 0 saturated heterocycles. The van der Waals surface area contributed by atoms with Crippen LogP contribution < -0.4 is 5.73 Å². The van der Waals surface area contributed by atoms with Crippen LogP contribution in [-0.4, -0.2) is 4.98 Å². The predicted molar refractivity (Wildman–Crippen MR) is 80.1 cm³/mol. The van der Waals surface area contributed by atoms with E-state index in [0.717, 1.165) is 27.6 Å². The summed E-state index contributed by atoms with van der Waals surface area (Å²) >= 11 is 6.27. The molecule has 2 nitrogen and oxygen atoms in total. The lowest BCUT2D eigenvalue weighted by Gasteiger charge is -2.11. The Labute approximate surface area is 116 Å². The maximum absolute atomic E-state index is 6.27. The van der Waals surface area contributed by atoms with Crippen LogP contribution in [0.2, 0.25) is 5.15 Å². The van der Waals surface area contributed by atoms with Crippen molar-refractivity contribution in [2.24, 2.45) is 5.73 Å². The quantitative estimate of drug-likeness (QED) is 0.713. The molecule has 0 aliphatic heterocycles. The average Bonchev–Trinajstić information content (AvgIpc) is 2.47. The van der Waals surface area contributed by atoms with Gasteiger partial charge in [-0.15, -0.1) is 0 Å². The van der Waals surface area contributed by atoms with Crippen LogP contribution >= 0.6 is 11.6 Å². The van der Waals surface area contributed by atoms with Crippen molar-refractivity contribution in [2.75, 3.05) is 0 Å². The van der Waals surface area contributed by atoms with Crippen LogP contribution in [0.1, 0.15) is 5.56 Å². The molecule has 2 aromatic carbocycles. The maximum atomic E-state index is 6.27. The molecule has 0 unspecified atom stereocenters. The summed E-state index contributed by atoms with van der Waals surface area (Å²) in [6.45, 7) is 0.390. The van der Waals surface area contributed by atoms with Gasteiger partial charge in [0.2, 0.25) is 0 Å². The van der Waals surface area contributed by atoms with Crippen LogP contribution in [0.25, 0.3) is 22.0 Å². The van der Waals surface area contributed by atoms with Gasteiger partial charge >= 0.3 is 0 Å². The Morgan fingerprint density at radius 1 is 0.895 bits per heavy atom. The lowest BCUT2D eigenvalue weighted by Crippen LogP contribution is -2.01. The Kier molecular flexibility index (Phi) is 3.20. The zero-order valence-electron chi connectivity index (χ0n) is 10.3. The summed E-state index contributed by atoms with van der Waals surface area (Å²) in [4.78, 5) is 4.53. The average molecular weight is 269 g/mol. The molecule has 0 saturated carbocycles. The molecule has 0 bridgehead atoms. The van der Waals surface area contributed by atoms with E-state index in [-0.39, 0.29) is 0 Å². The molecule has 19 heavy (non-hydrogen) atoms. The number of aromatic nitrogens is 1. The van der Waals surface area contributed by atoms with Crippen LogP contribution in [-0.2, 0) is 6.54 Å². The molecule has 2 N–H and O–H groups in total.